The fourth-order valence-electron chi connectivity index (χ4n) is 3.68. The van der Waals surface area contributed by atoms with Gasteiger partial charge in [-0.1, -0.05) is 23.3 Å². The molecule has 0 N–H and O–H groups in total. The van der Waals surface area contributed by atoms with E-state index in [0.717, 1.165) is 11.3 Å². The van der Waals surface area contributed by atoms with Gasteiger partial charge in [0.2, 0.25) is 5.95 Å². The topological polar surface area (TPSA) is 80.0 Å². The largest absolute Gasteiger partial charge is 0.336 e. The monoisotopic (exact) mass is 449 g/mol. The Morgan fingerprint density at radius 1 is 1.00 bits per heavy atom. The molecule has 32 heavy (non-hydrogen) atoms. The van der Waals surface area contributed by atoms with E-state index < -0.39 is 0 Å². The summed E-state index contributed by atoms with van der Waals surface area (Å²) in [6.07, 6.45) is 0. The number of hydrogen-bond acceptors (Lipinski definition) is 7. The number of para-hydroxylation sites is 1. The second-order valence-corrected chi connectivity index (χ2v) is 8.45. The van der Waals surface area contributed by atoms with Crippen LogP contribution in [-0.4, -0.2) is 62.2 Å². The van der Waals surface area contributed by atoms with Crippen molar-refractivity contribution in [3.63, 3.8) is 0 Å². The average molecular weight is 450 g/mol. The zero-order chi connectivity index (χ0) is 22.1. The van der Waals surface area contributed by atoms with Gasteiger partial charge in [-0.15, -0.1) is 11.3 Å². The second-order valence-electron chi connectivity index (χ2n) is 7.45. The fourth-order valence-corrected chi connectivity index (χ4v) is 4.72. The molecule has 0 bridgehead atoms. The Morgan fingerprint density at radius 3 is 2.44 bits per heavy atom. The van der Waals surface area contributed by atoms with Crippen molar-refractivity contribution in [2.24, 2.45) is 0 Å². The van der Waals surface area contributed by atoms with Crippen molar-refractivity contribution in [1.82, 2.24) is 30.1 Å². The van der Waals surface area contributed by atoms with E-state index >= 15 is 0 Å². The predicted molar refractivity (Wildman–Crippen MR) is 120 cm³/mol. The molecule has 2 aromatic carbocycles. The summed E-state index contributed by atoms with van der Waals surface area (Å²) in [6.45, 7) is 4.21. The van der Waals surface area contributed by atoms with Crippen LogP contribution in [0, 0.1) is 12.7 Å². The summed E-state index contributed by atoms with van der Waals surface area (Å²) < 4.78 is 14.9. The van der Waals surface area contributed by atoms with Crippen LogP contribution in [0.5, 0.6) is 0 Å². The van der Waals surface area contributed by atoms with Gasteiger partial charge >= 0.3 is 0 Å². The number of carbonyl (C=O) groups is 1. The van der Waals surface area contributed by atoms with Crippen LogP contribution in [0.15, 0.2) is 54.6 Å². The van der Waals surface area contributed by atoms with Gasteiger partial charge in [-0.05, 0) is 53.7 Å². The van der Waals surface area contributed by atoms with Crippen molar-refractivity contribution in [2.45, 2.75) is 6.92 Å². The Hall–Kier alpha value is -3.66. The molecule has 1 aliphatic rings. The maximum Gasteiger partial charge on any atom is 0.265 e. The van der Waals surface area contributed by atoms with Crippen LogP contribution in [0.25, 0.3) is 16.3 Å². The van der Waals surface area contributed by atoms with E-state index in [1.807, 2.05) is 42.2 Å². The minimum Gasteiger partial charge on any atom is -0.336 e. The molecule has 162 valence electrons. The van der Waals surface area contributed by atoms with Gasteiger partial charge < -0.3 is 9.80 Å². The number of anilines is 1. The number of benzene rings is 2. The standard InChI is InChI=1S/C22H20FN7OS/c1-15-19(32-20(24-15)16-7-9-17(23)10-8-16)21(31)28-11-13-29(14-12-28)22-25-26-27-30(22)18-5-3-2-4-6-18/h2-10H,11-14H2,1H3. The molecule has 5 rings (SSSR count). The zero-order valence-corrected chi connectivity index (χ0v) is 18.2. The molecular formula is C22H20FN7OS. The van der Waals surface area contributed by atoms with Crippen LogP contribution < -0.4 is 4.90 Å². The molecule has 3 heterocycles. The van der Waals surface area contributed by atoms with Crippen LogP contribution in [-0.2, 0) is 0 Å². The fraction of sp³-hybridized carbons (Fsp3) is 0.227. The lowest BCUT2D eigenvalue weighted by atomic mass is 10.2. The summed E-state index contributed by atoms with van der Waals surface area (Å²) in [6, 6.07) is 15.9. The van der Waals surface area contributed by atoms with Crippen molar-refractivity contribution in [3.8, 4) is 16.3 Å². The van der Waals surface area contributed by atoms with E-state index in [1.54, 1.807) is 16.8 Å². The first-order chi connectivity index (χ1) is 15.6. The minimum atomic E-state index is -0.297. The lowest BCUT2D eigenvalue weighted by Crippen LogP contribution is -2.49. The second kappa shape index (κ2) is 8.46. The highest BCUT2D eigenvalue weighted by Gasteiger charge is 2.28. The third kappa shape index (κ3) is 3.84. The number of tetrazole rings is 1. The first-order valence-corrected chi connectivity index (χ1v) is 11.0. The van der Waals surface area contributed by atoms with Crippen LogP contribution in [0.3, 0.4) is 0 Å². The smallest absolute Gasteiger partial charge is 0.265 e. The summed E-state index contributed by atoms with van der Waals surface area (Å²) in [7, 11) is 0. The SMILES string of the molecule is Cc1nc(-c2ccc(F)cc2)sc1C(=O)N1CCN(c2nnnn2-c2ccccc2)CC1. The van der Waals surface area contributed by atoms with Gasteiger partial charge in [-0.2, -0.15) is 4.68 Å². The number of halogens is 1. The predicted octanol–water partition coefficient (Wildman–Crippen LogP) is 3.20. The van der Waals surface area contributed by atoms with Crippen molar-refractivity contribution in [3.05, 3.63) is 71.0 Å². The van der Waals surface area contributed by atoms with Gasteiger partial charge in [0.15, 0.2) is 0 Å². The van der Waals surface area contributed by atoms with E-state index in [4.69, 9.17) is 0 Å². The third-order valence-corrected chi connectivity index (χ3v) is 6.58. The summed E-state index contributed by atoms with van der Waals surface area (Å²) in [5.41, 5.74) is 2.38. The summed E-state index contributed by atoms with van der Waals surface area (Å²) in [4.78, 5) is 22.2. The van der Waals surface area contributed by atoms with E-state index in [9.17, 15) is 9.18 Å². The van der Waals surface area contributed by atoms with Crippen LogP contribution in [0.1, 0.15) is 15.4 Å². The third-order valence-electron chi connectivity index (χ3n) is 5.39. The maximum absolute atomic E-state index is 13.2. The molecule has 1 aliphatic heterocycles. The van der Waals surface area contributed by atoms with E-state index in [2.05, 4.69) is 25.4 Å². The Kier molecular flexibility index (Phi) is 5.36. The highest BCUT2D eigenvalue weighted by atomic mass is 32.1. The first-order valence-electron chi connectivity index (χ1n) is 10.2. The van der Waals surface area contributed by atoms with Crippen molar-refractivity contribution in [2.75, 3.05) is 31.1 Å². The zero-order valence-electron chi connectivity index (χ0n) is 17.3. The minimum absolute atomic E-state index is 0.0318. The average Bonchev–Trinajstić information content (AvgIpc) is 3.47. The van der Waals surface area contributed by atoms with Gasteiger partial charge in [-0.25, -0.2) is 9.37 Å². The summed E-state index contributed by atoms with van der Waals surface area (Å²) in [5, 5.41) is 12.9. The van der Waals surface area contributed by atoms with E-state index in [1.165, 1.54) is 23.5 Å². The van der Waals surface area contributed by atoms with Crippen molar-refractivity contribution in [1.29, 1.82) is 0 Å². The Labute approximate surface area is 187 Å². The summed E-state index contributed by atoms with van der Waals surface area (Å²) >= 11 is 1.34. The quantitative estimate of drug-likeness (QED) is 0.476. The molecule has 0 saturated carbocycles. The molecule has 0 unspecified atom stereocenters. The van der Waals surface area contributed by atoms with Gasteiger partial charge in [0, 0.05) is 31.7 Å². The summed E-state index contributed by atoms with van der Waals surface area (Å²) in [5.74, 6) is 0.334. The van der Waals surface area contributed by atoms with Crippen molar-refractivity contribution >= 4 is 23.2 Å². The van der Waals surface area contributed by atoms with Crippen LogP contribution >= 0.6 is 11.3 Å². The lowest BCUT2D eigenvalue weighted by Gasteiger charge is -2.34. The highest BCUT2D eigenvalue weighted by Crippen LogP contribution is 2.29. The van der Waals surface area contributed by atoms with Gasteiger partial charge in [0.05, 0.1) is 11.4 Å². The maximum atomic E-state index is 13.2. The normalized spacial score (nSPS) is 14.1. The molecule has 0 spiro atoms. The highest BCUT2D eigenvalue weighted by molar-refractivity contribution is 7.17. The molecule has 1 saturated heterocycles. The molecule has 1 fully saturated rings. The molecule has 2 aromatic heterocycles. The number of aromatic nitrogens is 5. The molecule has 0 radical (unpaired) electrons. The van der Waals surface area contributed by atoms with Crippen LogP contribution in [0.4, 0.5) is 10.3 Å². The number of nitrogens with zero attached hydrogens (tertiary/aromatic N) is 7. The molecule has 0 atom stereocenters. The first kappa shape index (κ1) is 20.3. The van der Waals surface area contributed by atoms with Crippen LogP contribution in [0.2, 0.25) is 0 Å². The lowest BCUT2D eigenvalue weighted by molar-refractivity contribution is 0.0750. The van der Waals surface area contributed by atoms with Gasteiger partial charge in [0.1, 0.15) is 15.7 Å². The number of carbonyl (C=O) groups excluding carboxylic acids is 1. The molecule has 4 aromatic rings. The Bertz CT molecular complexity index is 1230. The molecular weight excluding hydrogens is 429 g/mol. The van der Waals surface area contributed by atoms with Gasteiger partial charge in [-0.3, -0.25) is 4.79 Å². The number of hydrogen-bond donors (Lipinski definition) is 0. The molecule has 0 aliphatic carbocycles. The van der Waals surface area contributed by atoms with E-state index in [-0.39, 0.29) is 11.7 Å². The van der Waals surface area contributed by atoms with E-state index in [0.29, 0.717) is 47.7 Å². The Morgan fingerprint density at radius 2 is 1.72 bits per heavy atom. The number of thiazole rings is 1. The molecule has 10 heteroatoms. The molecule has 8 nitrogen and oxygen atoms in total. The van der Waals surface area contributed by atoms with Gasteiger partial charge in [0.25, 0.3) is 5.91 Å². The number of rotatable bonds is 4. The number of amides is 1. The molecule has 1 amide bonds. The Balaban J connectivity index is 1.29. The number of piperazine rings is 1. The number of aryl methyl sites for hydroxylation is 1. The van der Waals surface area contributed by atoms with Crippen molar-refractivity contribution < 1.29 is 9.18 Å².